The molecule has 0 radical (unpaired) electrons. The van der Waals surface area contributed by atoms with E-state index in [0.717, 1.165) is 17.9 Å². The van der Waals surface area contributed by atoms with Crippen LogP contribution in [0.1, 0.15) is 30.5 Å². The Bertz CT molecular complexity index is 765. The highest BCUT2D eigenvalue weighted by molar-refractivity contribution is 6.32. The zero-order valence-corrected chi connectivity index (χ0v) is 15.8. The molecule has 138 valence electrons. The maximum atomic E-state index is 6.35. The van der Waals surface area contributed by atoms with Gasteiger partial charge in [-0.2, -0.15) is 0 Å². The molecule has 1 unspecified atom stereocenters. The normalized spacial score (nSPS) is 15.1. The molecule has 2 aromatic rings. The topological polar surface area (TPSA) is 54.9 Å². The number of ether oxygens (including phenoxy) is 2. The second-order valence-electron chi connectivity index (χ2n) is 6.16. The number of fused-ring (bicyclic) bond motifs is 1. The lowest BCUT2D eigenvalue weighted by molar-refractivity contribution is 0.297. The fourth-order valence-corrected chi connectivity index (χ4v) is 3.08. The summed E-state index contributed by atoms with van der Waals surface area (Å²) >= 11 is 6.35. The van der Waals surface area contributed by atoms with Gasteiger partial charge >= 0.3 is 0 Å². The minimum Gasteiger partial charge on any atom is -0.489 e. The van der Waals surface area contributed by atoms with Crippen molar-refractivity contribution < 1.29 is 9.47 Å². The first kappa shape index (κ1) is 18.4. The van der Waals surface area contributed by atoms with Crippen LogP contribution in [0, 0.1) is 0 Å². The van der Waals surface area contributed by atoms with E-state index in [1.54, 1.807) is 7.05 Å². The zero-order chi connectivity index (χ0) is 18.4. The highest BCUT2D eigenvalue weighted by atomic mass is 35.5. The summed E-state index contributed by atoms with van der Waals surface area (Å²) in [5.41, 5.74) is 2.21. The molecular formula is C20H24ClN3O2. The summed E-state index contributed by atoms with van der Waals surface area (Å²) in [7, 11) is 1.76. The van der Waals surface area contributed by atoms with E-state index in [1.807, 2.05) is 30.3 Å². The molecule has 0 fully saturated rings. The predicted octanol–water partition coefficient (Wildman–Crippen LogP) is 3.93. The van der Waals surface area contributed by atoms with Crippen molar-refractivity contribution >= 4 is 17.6 Å². The Balaban J connectivity index is 1.64. The van der Waals surface area contributed by atoms with Crippen LogP contribution in [0.2, 0.25) is 5.02 Å². The average Bonchev–Trinajstić information content (AvgIpc) is 2.91. The molecule has 1 atom stereocenters. The Morgan fingerprint density at radius 3 is 2.73 bits per heavy atom. The fraction of sp³-hybridized carbons (Fsp3) is 0.350. The molecule has 0 saturated heterocycles. The number of hydrogen-bond donors (Lipinski definition) is 2. The number of aliphatic imine (C=N–C) groups is 1. The quantitative estimate of drug-likeness (QED) is 0.630. The van der Waals surface area contributed by atoms with Gasteiger partial charge in [-0.3, -0.25) is 4.99 Å². The maximum Gasteiger partial charge on any atom is 0.191 e. The summed E-state index contributed by atoms with van der Waals surface area (Å²) in [6, 6.07) is 14.3. The van der Waals surface area contributed by atoms with E-state index >= 15 is 0 Å². The Morgan fingerprint density at radius 2 is 1.96 bits per heavy atom. The largest absolute Gasteiger partial charge is 0.489 e. The number of guanidine groups is 1. The molecule has 2 N–H and O–H groups in total. The summed E-state index contributed by atoms with van der Waals surface area (Å²) in [5.74, 6) is 2.06. The van der Waals surface area contributed by atoms with E-state index in [4.69, 9.17) is 21.1 Å². The van der Waals surface area contributed by atoms with E-state index in [1.165, 1.54) is 5.56 Å². The standard InChI is InChI=1S/C20H24ClN3O2/c1-14(16-7-4-3-5-8-16)24-20(22-2)23-13-15-11-17(21)19-18(12-15)25-9-6-10-26-19/h3-5,7-8,11-12,14H,6,9-10,13H2,1-2H3,(H2,22,23,24). The third-order valence-electron chi connectivity index (χ3n) is 4.20. The minimum absolute atomic E-state index is 0.148. The van der Waals surface area contributed by atoms with Gasteiger partial charge in [0, 0.05) is 20.0 Å². The van der Waals surface area contributed by atoms with Gasteiger partial charge in [0.2, 0.25) is 0 Å². The number of halogens is 1. The first-order valence-electron chi connectivity index (χ1n) is 8.77. The Morgan fingerprint density at radius 1 is 1.19 bits per heavy atom. The van der Waals surface area contributed by atoms with E-state index in [-0.39, 0.29) is 6.04 Å². The molecule has 6 heteroatoms. The van der Waals surface area contributed by atoms with Crippen LogP contribution in [0.25, 0.3) is 0 Å². The Kier molecular flexibility index (Phi) is 6.23. The van der Waals surface area contributed by atoms with Crippen LogP contribution in [0.4, 0.5) is 0 Å². The maximum absolute atomic E-state index is 6.35. The van der Waals surface area contributed by atoms with Crippen LogP contribution >= 0.6 is 11.6 Å². The summed E-state index contributed by atoms with van der Waals surface area (Å²) < 4.78 is 11.4. The lowest BCUT2D eigenvalue weighted by Gasteiger charge is -2.19. The van der Waals surface area contributed by atoms with Crippen molar-refractivity contribution in [3.63, 3.8) is 0 Å². The smallest absolute Gasteiger partial charge is 0.191 e. The fourth-order valence-electron chi connectivity index (χ4n) is 2.80. The number of hydrogen-bond acceptors (Lipinski definition) is 3. The molecule has 2 aromatic carbocycles. The molecule has 1 aliphatic rings. The number of nitrogens with zero attached hydrogens (tertiary/aromatic N) is 1. The summed E-state index contributed by atoms with van der Waals surface area (Å²) in [6.45, 7) is 3.94. The van der Waals surface area contributed by atoms with Crippen molar-refractivity contribution in [3.8, 4) is 11.5 Å². The van der Waals surface area contributed by atoms with E-state index in [0.29, 0.717) is 36.3 Å². The number of nitrogens with one attached hydrogen (secondary N) is 2. The molecule has 1 heterocycles. The molecule has 0 aliphatic carbocycles. The van der Waals surface area contributed by atoms with Crippen molar-refractivity contribution in [2.45, 2.75) is 25.9 Å². The van der Waals surface area contributed by atoms with Gasteiger partial charge in [0.1, 0.15) is 0 Å². The van der Waals surface area contributed by atoms with E-state index in [2.05, 4.69) is 34.7 Å². The van der Waals surface area contributed by atoms with Gasteiger partial charge in [0.15, 0.2) is 17.5 Å². The predicted molar refractivity (Wildman–Crippen MR) is 105 cm³/mol. The first-order chi connectivity index (χ1) is 12.7. The Labute approximate surface area is 159 Å². The van der Waals surface area contributed by atoms with Gasteiger partial charge in [-0.15, -0.1) is 0 Å². The van der Waals surface area contributed by atoms with Gasteiger partial charge in [0.25, 0.3) is 0 Å². The third-order valence-corrected chi connectivity index (χ3v) is 4.48. The molecule has 0 saturated carbocycles. The monoisotopic (exact) mass is 373 g/mol. The lowest BCUT2D eigenvalue weighted by Crippen LogP contribution is -2.38. The van der Waals surface area contributed by atoms with Crippen molar-refractivity contribution in [3.05, 3.63) is 58.6 Å². The van der Waals surface area contributed by atoms with Gasteiger partial charge in [-0.05, 0) is 30.2 Å². The Hall–Kier alpha value is -2.40. The van der Waals surface area contributed by atoms with Gasteiger partial charge < -0.3 is 20.1 Å². The number of rotatable bonds is 4. The van der Waals surface area contributed by atoms with Crippen LogP contribution in [0.5, 0.6) is 11.5 Å². The molecule has 1 aliphatic heterocycles. The molecule has 5 nitrogen and oxygen atoms in total. The van der Waals surface area contributed by atoms with Crippen LogP contribution < -0.4 is 20.1 Å². The molecule has 0 amide bonds. The summed E-state index contributed by atoms with van der Waals surface area (Å²) in [5, 5.41) is 7.28. The van der Waals surface area contributed by atoms with Gasteiger partial charge in [-0.25, -0.2) is 0 Å². The van der Waals surface area contributed by atoms with Crippen LogP contribution in [0.3, 0.4) is 0 Å². The van der Waals surface area contributed by atoms with E-state index in [9.17, 15) is 0 Å². The lowest BCUT2D eigenvalue weighted by atomic mass is 10.1. The van der Waals surface area contributed by atoms with Crippen molar-refractivity contribution in [2.75, 3.05) is 20.3 Å². The minimum atomic E-state index is 0.148. The first-order valence-corrected chi connectivity index (χ1v) is 9.15. The molecule has 0 aromatic heterocycles. The van der Waals surface area contributed by atoms with Gasteiger partial charge in [-0.1, -0.05) is 41.9 Å². The van der Waals surface area contributed by atoms with Gasteiger partial charge in [0.05, 0.1) is 24.3 Å². The highest BCUT2D eigenvalue weighted by Crippen LogP contribution is 2.37. The van der Waals surface area contributed by atoms with Crippen LogP contribution in [0.15, 0.2) is 47.5 Å². The van der Waals surface area contributed by atoms with Crippen LogP contribution in [-0.4, -0.2) is 26.2 Å². The van der Waals surface area contributed by atoms with E-state index < -0.39 is 0 Å². The second kappa shape index (κ2) is 8.81. The zero-order valence-electron chi connectivity index (χ0n) is 15.1. The second-order valence-corrected chi connectivity index (χ2v) is 6.57. The van der Waals surface area contributed by atoms with Crippen molar-refractivity contribution in [1.82, 2.24) is 10.6 Å². The average molecular weight is 374 g/mol. The number of benzene rings is 2. The summed E-state index contributed by atoms with van der Waals surface area (Å²) in [4.78, 5) is 4.30. The molecule has 0 bridgehead atoms. The van der Waals surface area contributed by atoms with Crippen molar-refractivity contribution in [1.29, 1.82) is 0 Å². The molecular weight excluding hydrogens is 350 g/mol. The van der Waals surface area contributed by atoms with Crippen molar-refractivity contribution in [2.24, 2.45) is 4.99 Å². The molecule has 3 rings (SSSR count). The van der Waals surface area contributed by atoms with Crippen LogP contribution in [-0.2, 0) is 6.54 Å². The molecule has 0 spiro atoms. The third kappa shape index (κ3) is 4.61. The molecule has 26 heavy (non-hydrogen) atoms. The highest BCUT2D eigenvalue weighted by Gasteiger charge is 2.16. The summed E-state index contributed by atoms with van der Waals surface area (Å²) in [6.07, 6.45) is 0.854. The SMILES string of the molecule is CN=C(NCc1cc(Cl)c2c(c1)OCCCO2)NC(C)c1ccccc1.